The number of rotatable bonds is 6. The number of nitrogens with zero attached hydrogens (tertiary/aromatic N) is 4. The van der Waals surface area contributed by atoms with Crippen molar-refractivity contribution >= 4 is 21.9 Å². The summed E-state index contributed by atoms with van der Waals surface area (Å²) in [5, 5.41) is 0. The van der Waals surface area contributed by atoms with Gasteiger partial charge in [0.15, 0.2) is 0 Å². The summed E-state index contributed by atoms with van der Waals surface area (Å²) in [5.74, 6) is 1.35. The number of benzene rings is 1. The van der Waals surface area contributed by atoms with Crippen molar-refractivity contribution in [1.82, 2.24) is 14.9 Å². The van der Waals surface area contributed by atoms with Gasteiger partial charge in [0.2, 0.25) is 11.8 Å². The maximum atomic E-state index is 5.22. The van der Waals surface area contributed by atoms with Gasteiger partial charge in [-0.2, -0.15) is 4.98 Å². The molecule has 6 heteroatoms. The summed E-state index contributed by atoms with van der Waals surface area (Å²) in [4.78, 5) is 13.6. The van der Waals surface area contributed by atoms with Crippen LogP contribution in [-0.4, -0.2) is 54.7 Å². The van der Waals surface area contributed by atoms with E-state index in [0.29, 0.717) is 11.9 Å². The molecule has 3 rings (SSSR count). The van der Waals surface area contributed by atoms with E-state index in [-0.39, 0.29) is 0 Å². The molecule has 1 unspecified atom stereocenters. The number of halogens is 1. The Balaban J connectivity index is 1.57. The van der Waals surface area contributed by atoms with Gasteiger partial charge in [0, 0.05) is 42.9 Å². The Kier molecular flexibility index (Phi) is 6.26. The maximum Gasteiger partial charge on any atom is 0.228 e. The van der Waals surface area contributed by atoms with Crippen LogP contribution < -0.4 is 9.64 Å². The molecular formula is C19H25BrN4O. The molecule has 0 aliphatic carbocycles. The first kappa shape index (κ1) is 18.1. The second-order valence-corrected chi connectivity index (χ2v) is 7.40. The fourth-order valence-corrected chi connectivity index (χ4v) is 3.53. The first-order valence-electron chi connectivity index (χ1n) is 8.72. The van der Waals surface area contributed by atoms with E-state index in [1.165, 1.54) is 24.9 Å². The number of aromatic nitrogens is 2. The van der Waals surface area contributed by atoms with Gasteiger partial charge in [0.05, 0.1) is 7.11 Å². The van der Waals surface area contributed by atoms with Crippen LogP contribution in [0.3, 0.4) is 0 Å². The molecule has 1 aromatic heterocycles. The molecule has 2 aromatic rings. The van der Waals surface area contributed by atoms with Crippen LogP contribution in [-0.2, 0) is 6.42 Å². The number of hydrogen-bond acceptors (Lipinski definition) is 5. The zero-order chi connectivity index (χ0) is 17.6. The lowest BCUT2D eigenvalue weighted by Gasteiger charge is -2.37. The molecule has 0 bridgehead atoms. The summed E-state index contributed by atoms with van der Waals surface area (Å²) in [6.45, 7) is 3.30. The van der Waals surface area contributed by atoms with Crippen molar-refractivity contribution in [3.05, 3.63) is 46.6 Å². The van der Waals surface area contributed by atoms with Crippen LogP contribution in [0.2, 0.25) is 0 Å². The van der Waals surface area contributed by atoms with Crippen molar-refractivity contribution in [3.8, 4) is 5.88 Å². The van der Waals surface area contributed by atoms with Crippen molar-refractivity contribution in [1.29, 1.82) is 0 Å². The summed E-state index contributed by atoms with van der Waals surface area (Å²) in [6, 6.07) is 10.8. The predicted octanol–water partition coefficient (Wildman–Crippen LogP) is 3.39. The highest BCUT2D eigenvalue weighted by Crippen LogP contribution is 2.20. The van der Waals surface area contributed by atoms with Crippen LogP contribution >= 0.6 is 15.9 Å². The molecule has 0 amide bonds. The standard InChI is InChI=1S/C19H25BrN4O/c1-23(19-21-11-9-18(22-19)25-2)17-4-3-12-24(14-17)13-10-15-5-7-16(20)8-6-15/h5-9,11,17H,3-4,10,12-14H2,1-2H3. The molecule has 2 heterocycles. The number of hydrogen-bond donors (Lipinski definition) is 0. The van der Waals surface area contributed by atoms with Crippen molar-refractivity contribution in [2.45, 2.75) is 25.3 Å². The average molecular weight is 405 g/mol. The number of methoxy groups -OCH3 is 1. The Morgan fingerprint density at radius 2 is 2.08 bits per heavy atom. The Labute approximate surface area is 158 Å². The molecule has 1 aromatic carbocycles. The van der Waals surface area contributed by atoms with E-state index in [9.17, 15) is 0 Å². The first-order chi connectivity index (χ1) is 12.2. The molecule has 1 saturated heterocycles. The normalized spacial score (nSPS) is 18.1. The number of ether oxygens (including phenoxy) is 1. The van der Waals surface area contributed by atoms with Crippen LogP contribution in [0.1, 0.15) is 18.4 Å². The molecular weight excluding hydrogens is 380 g/mol. The van der Waals surface area contributed by atoms with E-state index < -0.39 is 0 Å². The third-order valence-electron chi connectivity index (χ3n) is 4.80. The molecule has 1 atom stereocenters. The van der Waals surface area contributed by atoms with Gasteiger partial charge in [-0.3, -0.25) is 0 Å². The third-order valence-corrected chi connectivity index (χ3v) is 5.33. The Hall–Kier alpha value is -1.66. The van der Waals surface area contributed by atoms with Gasteiger partial charge in [0.1, 0.15) is 0 Å². The van der Waals surface area contributed by atoms with E-state index in [0.717, 1.165) is 29.9 Å². The highest BCUT2D eigenvalue weighted by molar-refractivity contribution is 9.10. The molecule has 1 aliphatic heterocycles. The monoisotopic (exact) mass is 404 g/mol. The smallest absolute Gasteiger partial charge is 0.228 e. The summed E-state index contributed by atoms with van der Waals surface area (Å²) in [6.07, 6.45) is 5.22. The van der Waals surface area contributed by atoms with Gasteiger partial charge in [-0.1, -0.05) is 28.1 Å². The minimum Gasteiger partial charge on any atom is -0.481 e. The lowest BCUT2D eigenvalue weighted by atomic mass is 10.0. The van der Waals surface area contributed by atoms with E-state index in [1.807, 2.05) is 0 Å². The lowest BCUT2D eigenvalue weighted by Crippen LogP contribution is -2.47. The zero-order valence-electron chi connectivity index (χ0n) is 14.9. The topological polar surface area (TPSA) is 41.5 Å². The SMILES string of the molecule is COc1ccnc(N(C)C2CCCN(CCc3ccc(Br)cc3)C2)n1. The predicted molar refractivity (Wildman–Crippen MR) is 104 cm³/mol. The van der Waals surface area contributed by atoms with Crippen molar-refractivity contribution in [2.75, 3.05) is 38.7 Å². The quantitative estimate of drug-likeness (QED) is 0.737. The van der Waals surface area contributed by atoms with Crippen LogP contribution in [0.5, 0.6) is 5.88 Å². The van der Waals surface area contributed by atoms with Gasteiger partial charge in [-0.05, 0) is 43.5 Å². The minimum absolute atomic E-state index is 0.436. The van der Waals surface area contributed by atoms with E-state index >= 15 is 0 Å². The number of anilines is 1. The highest BCUT2D eigenvalue weighted by atomic mass is 79.9. The average Bonchev–Trinajstić information content (AvgIpc) is 2.67. The van der Waals surface area contributed by atoms with Gasteiger partial charge in [0.25, 0.3) is 0 Å². The van der Waals surface area contributed by atoms with Crippen molar-refractivity contribution in [2.24, 2.45) is 0 Å². The second kappa shape index (κ2) is 8.63. The van der Waals surface area contributed by atoms with Gasteiger partial charge in [-0.15, -0.1) is 0 Å². The fourth-order valence-electron chi connectivity index (χ4n) is 3.27. The Bertz CT molecular complexity index is 679. The fraction of sp³-hybridized carbons (Fsp3) is 0.474. The van der Waals surface area contributed by atoms with Gasteiger partial charge in [-0.25, -0.2) is 4.98 Å². The van der Waals surface area contributed by atoms with Crippen molar-refractivity contribution < 1.29 is 4.74 Å². The molecule has 0 saturated carbocycles. The first-order valence-corrected chi connectivity index (χ1v) is 9.51. The number of likely N-dealkylation sites (tertiary alicyclic amines) is 1. The van der Waals surface area contributed by atoms with Crippen LogP contribution in [0.15, 0.2) is 41.0 Å². The summed E-state index contributed by atoms with van der Waals surface area (Å²) >= 11 is 3.49. The molecule has 134 valence electrons. The number of likely N-dealkylation sites (N-methyl/N-ethyl adjacent to an activating group) is 1. The maximum absolute atomic E-state index is 5.22. The summed E-state index contributed by atoms with van der Waals surface area (Å²) in [7, 11) is 3.72. The zero-order valence-corrected chi connectivity index (χ0v) is 16.4. The van der Waals surface area contributed by atoms with Crippen molar-refractivity contribution in [3.63, 3.8) is 0 Å². The molecule has 1 aliphatic rings. The van der Waals surface area contributed by atoms with Crippen LogP contribution in [0.4, 0.5) is 5.95 Å². The van der Waals surface area contributed by atoms with Crippen LogP contribution in [0, 0.1) is 0 Å². The molecule has 0 N–H and O–H groups in total. The summed E-state index contributed by atoms with van der Waals surface area (Å²) in [5.41, 5.74) is 1.38. The largest absolute Gasteiger partial charge is 0.481 e. The summed E-state index contributed by atoms with van der Waals surface area (Å²) < 4.78 is 6.35. The minimum atomic E-state index is 0.436. The van der Waals surface area contributed by atoms with Crippen LogP contribution in [0.25, 0.3) is 0 Å². The number of piperidine rings is 1. The van der Waals surface area contributed by atoms with Gasteiger partial charge < -0.3 is 14.5 Å². The third kappa shape index (κ3) is 4.92. The molecule has 0 radical (unpaired) electrons. The highest BCUT2D eigenvalue weighted by Gasteiger charge is 2.24. The van der Waals surface area contributed by atoms with E-state index in [4.69, 9.17) is 4.74 Å². The van der Waals surface area contributed by atoms with E-state index in [1.54, 1.807) is 19.4 Å². The van der Waals surface area contributed by atoms with E-state index in [2.05, 4.69) is 67.0 Å². The Morgan fingerprint density at radius 3 is 2.84 bits per heavy atom. The molecule has 5 nitrogen and oxygen atoms in total. The van der Waals surface area contributed by atoms with Gasteiger partial charge >= 0.3 is 0 Å². The Morgan fingerprint density at radius 1 is 1.28 bits per heavy atom. The molecule has 25 heavy (non-hydrogen) atoms. The second-order valence-electron chi connectivity index (χ2n) is 6.48. The molecule has 0 spiro atoms. The molecule has 1 fully saturated rings. The lowest BCUT2D eigenvalue weighted by molar-refractivity contribution is 0.207.